The molecule has 1 fully saturated rings. The topological polar surface area (TPSA) is 32.8 Å². The maximum Gasteiger partial charge on any atom is 0.414 e. The molecule has 0 N–H and O–H groups in total. The quantitative estimate of drug-likeness (QED) is 0.839. The third-order valence-electron chi connectivity index (χ3n) is 5.48. The van der Waals surface area contributed by atoms with Gasteiger partial charge in [0.05, 0.1) is 0 Å². The average molecular weight is 330 g/mol. The highest BCUT2D eigenvalue weighted by Gasteiger charge is 2.39. The SMILES string of the molecule is CC(C)CCN1CC[C@@H]2c3cccc(OC(=O)N(C)C)c3CC[C@@H]21. The lowest BCUT2D eigenvalue weighted by atomic mass is 9.79. The van der Waals surface area contributed by atoms with Gasteiger partial charge >= 0.3 is 6.09 Å². The van der Waals surface area contributed by atoms with E-state index in [1.807, 2.05) is 12.1 Å². The summed E-state index contributed by atoms with van der Waals surface area (Å²) in [6.45, 7) is 7.01. The fourth-order valence-corrected chi connectivity index (χ4v) is 4.14. The lowest BCUT2D eigenvalue weighted by molar-refractivity contribution is 0.170. The summed E-state index contributed by atoms with van der Waals surface area (Å²) in [6.07, 6.45) is 4.38. The van der Waals surface area contributed by atoms with Crippen molar-refractivity contribution in [2.24, 2.45) is 5.92 Å². The number of fused-ring (bicyclic) bond motifs is 3. The van der Waals surface area contributed by atoms with Gasteiger partial charge in [0, 0.05) is 26.1 Å². The first-order valence-electron chi connectivity index (χ1n) is 9.22. The minimum atomic E-state index is -0.296. The van der Waals surface area contributed by atoms with Crippen molar-refractivity contribution < 1.29 is 9.53 Å². The number of hydrogen-bond acceptors (Lipinski definition) is 3. The monoisotopic (exact) mass is 330 g/mol. The van der Waals surface area contributed by atoms with Gasteiger partial charge in [-0.2, -0.15) is 0 Å². The van der Waals surface area contributed by atoms with Crippen LogP contribution in [0.1, 0.15) is 50.2 Å². The van der Waals surface area contributed by atoms with Gasteiger partial charge in [-0.15, -0.1) is 0 Å². The summed E-state index contributed by atoms with van der Waals surface area (Å²) < 4.78 is 5.60. The summed E-state index contributed by atoms with van der Waals surface area (Å²) in [5.74, 6) is 2.11. The van der Waals surface area contributed by atoms with E-state index in [0.29, 0.717) is 12.0 Å². The van der Waals surface area contributed by atoms with Crippen LogP contribution in [-0.2, 0) is 6.42 Å². The number of rotatable bonds is 4. The van der Waals surface area contributed by atoms with Crippen molar-refractivity contribution in [1.82, 2.24) is 9.80 Å². The minimum Gasteiger partial charge on any atom is -0.410 e. The summed E-state index contributed by atoms with van der Waals surface area (Å²) in [5.41, 5.74) is 2.65. The third-order valence-corrected chi connectivity index (χ3v) is 5.48. The van der Waals surface area contributed by atoms with E-state index in [9.17, 15) is 4.79 Å². The van der Waals surface area contributed by atoms with Crippen LogP contribution in [0.5, 0.6) is 5.75 Å². The Labute approximate surface area is 145 Å². The molecule has 24 heavy (non-hydrogen) atoms. The molecule has 132 valence electrons. The van der Waals surface area contributed by atoms with E-state index in [1.165, 1.54) is 48.4 Å². The highest BCUT2D eigenvalue weighted by Crippen LogP contribution is 2.44. The number of hydrogen-bond donors (Lipinski definition) is 0. The van der Waals surface area contributed by atoms with Crippen molar-refractivity contribution in [2.45, 2.75) is 51.5 Å². The van der Waals surface area contributed by atoms with Crippen LogP contribution in [0.2, 0.25) is 0 Å². The van der Waals surface area contributed by atoms with Gasteiger partial charge in [0.25, 0.3) is 0 Å². The molecule has 2 aliphatic rings. The van der Waals surface area contributed by atoms with E-state index < -0.39 is 0 Å². The predicted octanol–water partition coefficient (Wildman–Crippen LogP) is 3.90. The van der Waals surface area contributed by atoms with Crippen LogP contribution in [0.25, 0.3) is 0 Å². The molecule has 1 saturated heterocycles. The Bertz CT molecular complexity index is 597. The molecule has 1 amide bonds. The molecule has 1 aromatic rings. The molecule has 0 bridgehead atoms. The Morgan fingerprint density at radius 2 is 2.12 bits per heavy atom. The molecule has 1 aliphatic carbocycles. The van der Waals surface area contributed by atoms with E-state index in [4.69, 9.17) is 4.74 Å². The second-order valence-electron chi connectivity index (χ2n) is 7.81. The first-order chi connectivity index (χ1) is 11.5. The molecular weight excluding hydrogens is 300 g/mol. The average Bonchev–Trinajstić information content (AvgIpc) is 2.96. The highest BCUT2D eigenvalue weighted by molar-refractivity contribution is 5.70. The summed E-state index contributed by atoms with van der Waals surface area (Å²) in [6, 6.07) is 6.88. The number of likely N-dealkylation sites (tertiary alicyclic amines) is 1. The molecule has 0 spiro atoms. The van der Waals surface area contributed by atoms with Crippen LogP contribution in [0, 0.1) is 5.92 Å². The van der Waals surface area contributed by atoms with Crippen LogP contribution >= 0.6 is 0 Å². The van der Waals surface area contributed by atoms with Crippen molar-refractivity contribution in [2.75, 3.05) is 27.2 Å². The fraction of sp³-hybridized carbons (Fsp3) is 0.650. The second-order valence-corrected chi connectivity index (χ2v) is 7.81. The van der Waals surface area contributed by atoms with Gasteiger partial charge in [-0.25, -0.2) is 4.79 Å². The summed E-state index contributed by atoms with van der Waals surface area (Å²) in [7, 11) is 3.44. The standard InChI is InChI=1S/C20H30N2O2/c1-14(2)10-12-22-13-11-16-15-6-5-7-19(24-20(23)21(3)4)17(15)8-9-18(16)22/h5-7,14,16,18H,8-13H2,1-4H3/t16-,18+/m1/s1. The van der Waals surface area contributed by atoms with Crippen LogP contribution in [0.4, 0.5) is 4.79 Å². The van der Waals surface area contributed by atoms with Gasteiger partial charge < -0.3 is 9.64 Å². The summed E-state index contributed by atoms with van der Waals surface area (Å²) >= 11 is 0. The highest BCUT2D eigenvalue weighted by atomic mass is 16.6. The zero-order valence-electron chi connectivity index (χ0n) is 15.4. The Morgan fingerprint density at radius 3 is 2.83 bits per heavy atom. The second kappa shape index (κ2) is 7.14. The van der Waals surface area contributed by atoms with Crippen molar-refractivity contribution in [3.63, 3.8) is 0 Å². The Hall–Kier alpha value is -1.55. The van der Waals surface area contributed by atoms with Crippen LogP contribution in [0.15, 0.2) is 18.2 Å². The zero-order chi connectivity index (χ0) is 17.3. The number of ether oxygens (including phenoxy) is 1. The van der Waals surface area contributed by atoms with E-state index in [0.717, 1.165) is 18.1 Å². The molecule has 0 saturated carbocycles. The lowest BCUT2D eigenvalue weighted by Crippen LogP contribution is -2.36. The van der Waals surface area contributed by atoms with Gasteiger partial charge in [0.1, 0.15) is 5.75 Å². The molecule has 0 radical (unpaired) electrons. The maximum absolute atomic E-state index is 11.9. The smallest absolute Gasteiger partial charge is 0.410 e. The number of carbonyl (C=O) groups is 1. The molecule has 1 aromatic carbocycles. The van der Waals surface area contributed by atoms with Gasteiger partial charge in [-0.3, -0.25) is 4.90 Å². The van der Waals surface area contributed by atoms with E-state index in [1.54, 1.807) is 14.1 Å². The molecule has 3 rings (SSSR count). The van der Waals surface area contributed by atoms with Crippen LogP contribution < -0.4 is 4.74 Å². The first kappa shape index (κ1) is 17.3. The third kappa shape index (κ3) is 3.44. The molecule has 0 aromatic heterocycles. The van der Waals surface area contributed by atoms with Gasteiger partial charge in [0.15, 0.2) is 0 Å². The first-order valence-corrected chi connectivity index (χ1v) is 9.22. The normalized spacial score (nSPS) is 23.0. The molecule has 2 atom stereocenters. The lowest BCUT2D eigenvalue weighted by Gasteiger charge is -2.34. The number of amides is 1. The molecular formula is C20H30N2O2. The van der Waals surface area contributed by atoms with Crippen molar-refractivity contribution in [1.29, 1.82) is 0 Å². The molecule has 0 unspecified atom stereocenters. The van der Waals surface area contributed by atoms with Gasteiger partial charge in [0.2, 0.25) is 0 Å². The maximum atomic E-state index is 11.9. The largest absolute Gasteiger partial charge is 0.414 e. The molecule has 1 heterocycles. The Morgan fingerprint density at radius 1 is 1.33 bits per heavy atom. The van der Waals surface area contributed by atoms with E-state index in [-0.39, 0.29) is 6.09 Å². The van der Waals surface area contributed by atoms with Crippen molar-refractivity contribution in [3.05, 3.63) is 29.3 Å². The number of carbonyl (C=O) groups excluding carboxylic acids is 1. The number of nitrogens with zero attached hydrogens (tertiary/aromatic N) is 2. The Kier molecular flexibility index (Phi) is 5.14. The van der Waals surface area contributed by atoms with E-state index in [2.05, 4.69) is 24.8 Å². The van der Waals surface area contributed by atoms with Gasteiger partial charge in [-0.05, 0) is 61.9 Å². The zero-order valence-corrected chi connectivity index (χ0v) is 15.4. The molecule has 4 heteroatoms. The van der Waals surface area contributed by atoms with Crippen LogP contribution in [0.3, 0.4) is 0 Å². The molecule has 4 nitrogen and oxygen atoms in total. The van der Waals surface area contributed by atoms with Crippen LogP contribution in [-0.4, -0.2) is 49.1 Å². The summed E-state index contributed by atoms with van der Waals surface area (Å²) in [4.78, 5) is 16.1. The Balaban J connectivity index is 1.77. The molecule has 1 aliphatic heterocycles. The minimum absolute atomic E-state index is 0.296. The summed E-state index contributed by atoms with van der Waals surface area (Å²) in [5, 5.41) is 0. The van der Waals surface area contributed by atoms with Gasteiger partial charge in [-0.1, -0.05) is 26.0 Å². The predicted molar refractivity (Wildman–Crippen MR) is 96.6 cm³/mol. The number of benzene rings is 1. The van der Waals surface area contributed by atoms with E-state index >= 15 is 0 Å². The van der Waals surface area contributed by atoms with Crippen molar-refractivity contribution in [3.8, 4) is 5.75 Å². The van der Waals surface area contributed by atoms with Crippen molar-refractivity contribution >= 4 is 6.09 Å². The fourth-order valence-electron chi connectivity index (χ4n) is 4.14.